The Balaban J connectivity index is 1.98. The molecule has 1 saturated heterocycles. The number of hydrogen-bond acceptors (Lipinski definition) is 2. The largest absolute Gasteiger partial charge is 0.314 e. The first-order valence-corrected chi connectivity index (χ1v) is 7.72. The van der Waals surface area contributed by atoms with Crippen LogP contribution < -0.4 is 5.32 Å². The summed E-state index contributed by atoms with van der Waals surface area (Å²) in [7, 11) is 0. The Kier molecular flexibility index (Phi) is 7.87. The van der Waals surface area contributed by atoms with Crippen molar-refractivity contribution in [3.63, 3.8) is 0 Å². The lowest BCUT2D eigenvalue weighted by molar-refractivity contribution is 0.334. The maximum absolute atomic E-state index is 3.72. The van der Waals surface area contributed by atoms with Gasteiger partial charge in [0.05, 0.1) is 0 Å². The van der Waals surface area contributed by atoms with Crippen LogP contribution in [0.15, 0.2) is 0 Å². The predicted octanol–water partition coefficient (Wildman–Crippen LogP) is 3.28. The van der Waals surface area contributed by atoms with E-state index in [2.05, 4.69) is 31.0 Å². The average molecular weight is 240 g/mol. The highest BCUT2D eigenvalue weighted by atomic mass is 15.1. The third-order valence-corrected chi connectivity index (χ3v) is 4.06. The molecular weight excluding hydrogens is 208 g/mol. The minimum atomic E-state index is 0.711. The lowest BCUT2D eigenvalue weighted by Gasteiger charge is -2.17. The zero-order chi connectivity index (χ0) is 12.5. The Morgan fingerprint density at radius 3 is 2.71 bits per heavy atom. The molecule has 2 heteroatoms. The molecule has 0 spiro atoms. The van der Waals surface area contributed by atoms with Crippen molar-refractivity contribution in [3.05, 3.63) is 0 Å². The first kappa shape index (κ1) is 15.0. The van der Waals surface area contributed by atoms with Gasteiger partial charge in [-0.1, -0.05) is 39.5 Å². The quantitative estimate of drug-likeness (QED) is 0.622. The molecular formula is C15H32N2. The molecule has 0 aromatic rings. The molecule has 0 aromatic heterocycles. The van der Waals surface area contributed by atoms with Crippen molar-refractivity contribution in [1.82, 2.24) is 10.2 Å². The second-order valence-electron chi connectivity index (χ2n) is 5.71. The molecule has 0 saturated carbocycles. The number of nitrogens with zero attached hydrogens (tertiary/aromatic N) is 1. The van der Waals surface area contributed by atoms with Gasteiger partial charge in [0.2, 0.25) is 0 Å². The predicted molar refractivity (Wildman–Crippen MR) is 76.4 cm³/mol. The molecule has 1 aliphatic heterocycles. The van der Waals surface area contributed by atoms with E-state index in [0.717, 1.165) is 5.92 Å². The Hall–Kier alpha value is -0.0800. The van der Waals surface area contributed by atoms with Crippen LogP contribution in [-0.4, -0.2) is 37.1 Å². The molecule has 1 heterocycles. The Bertz CT molecular complexity index is 182. The molecule has 1 rings (SSSR count). The van der Waals surface area contributed by atoms with E-state index in [9.17, 15) is 0 Å². The summed E-state index contributed by atoms with van der Waals surface area (Å²) in [5.41, 5.74) is 0. The third kappa shape index (κ3) is 6.42. The van der Waals surface area contributed by atoms with Gasteiger partial charge < -0.3 is 10.2 Å². The highest BCUT2D eigenvalue weighted by Gasteiger charge is 2.20. The zero-order valence-electron chi connectivity index (χ0n) is 12.2. The highest BCUT2D eigenvalue weighted by molar-refractivity contribution is 4.77. The van der Waals surface area contributed by atoms with Gasteiger partial charge in [0.25, 0.3) is 0 Å². The number of unbranched alkanes of at least 4 members (excludes halogenated alkanes) is 3. The minimum absolute atomic E-state index is 0.711. The third-order valence-electron chi connectivity index (χ3n) is 4.06. The molecule has 0 radical (unpaired) electrons. The van der Waals surface area contributed by atoms with E-state index >= 15 is 0 Å². The molecule has 2 nitrogen and oxygen atoms in total. The summed E-state index contributed by atoms with van der Waals surface area (Å²) in [6.45, 7) is 12.0. The fourth-order valence-corrected chi connectivity index (χ4v) is 2.71. The topological polar surface area (TPSA) is 15.3 Å². The smallest absolute Gasteiger partial charge is 0.00388 e. The van der Waals surface area contributed by atoms with Crippen molar-refractivity contribution < 1.29 is 0 Å². The van der Waals surface area contributed by atoms with Crippen molar-refractivity contribution in [3.8, 4) is 0 Å². The van der Waals surface area contributed by atoms with Gasteiger partial charge in [-0.05, 0) is 45.3 Å². The van der Waals surface area contributed by atoms with E-state index in [1.807, 2.05) is 0 Å². The molecule has 1 fully saturated rings. The van der Waals surface area contributed by atoms with Crippen LogP contribution in [0.2, 0.25) is 0 Å². The molecule has 0 aliphatic carbocycles. The van der Waals surface area contributed by atoms with E-state index in [-0.39, 0.29) is 0 Å². The summed E-state index contributed by atoms with van der Waals surface area (Å²) in [5, 5.41) is 3.72. The van der Waals surface area contributed by atoms with E-state index in [0.29, 0.717) is 6.04 Å². The van der Waals surface area contributed by atoms with Crippen molar-refractivity contribution in [2.75, 3.05) is 26.2 Å². The standard InChI is InChI=1S/C15H32N2/c1-4-6-7-8-9-14(3)16-12-15-10-11-17(5-2)13-15/h14-16H,4-13H2,1-3H3. The summed E-state index contributed by atoms with van der Waals surface area (Å²) in [6, 6.07) is 0.711. The SMILES string of the molecule is CCCCCCC(C)NCC1CCN(CC)C1. The molecule has 2 unspecified atom stereocenters. The second-order valence-corrected chi connectivity index (χ2v) is 5.71. The van der Waals surface area contributed by atoms with Crippen LogP contribution in [0.3, 0.4) is 0 Å². The molecule has 17 heavy (non-hydrogen) atoms. The van der Waals surface area contributed by atoms with Crippen LogP contribution in [-0.2, 0) is 0 Å². The van der Waals surface area contributed by atoms with Crippen molar-refractivity contribution in [2.45, 2.75) is 65.3 Å². The van der Waals surface area contributed by atoms with Gasteiger partial charge in [0.15, 0.2) is 0 Å². The van der Waals surface area contributed by atoms with E-state index in [1.165, 1.54) is 64.7 Å². The van der Waals surface area contributed by atoms with Gasteiger partial charge in [0, 0.05) is 12.6 Å². The molecule has 1 N–H and O–H groups in total. The summed E-state index contributed by atoms with van der Waals surface area (Å²) < 4.78 is 0. The molecule has 0 aromatic carbocycles. The number of hydrogen-bond donors (Lipinski definition) is 1. The highest BCUT2D eigenvalue weighted by Crippen LogP contribution is 2.15. The Labute approximate surface area is 108 Å². The van der Waals surface area contributed by atoms with E-state index < -0.39 is 0 Å². The van der Waals surface area contributed by atoms with Crippen molar-refractivity contribution in [2.24, 2.45) is 5.92 Å². The summed E-state index contributed by atoms with van der Waals surface area (Å²) in [6.07, 6.45) is 8.30. The van der Waals surface area contributed by atoms with Crippen molar-refractivity contribution >= 4 is 0 Å². The van der Waals surface area contributed by atoms with Gasteiger partial charge >= 0.3 is 0 Å². The summed E-state index contributed by atoms with van der Waals surface area (Å²) in [4.78, 5) is 2.57. The maximum Gasteiger partial charge on any atom is 0.00388 e. The van der Waals surface area contributed by atoms with Crippen LogP contribution in [0.1, 0.15) is 59.3 Å². The first-order chi connectivity index (χ1) is 8.26. The molecule has 1 aliphatic rings. The lowest BCUT2D eigenvalue weighted by atomic mass is 10.1. The number of nitrogens with one attached hydrogen (secondary N) is 1. The molecule has 0 bridgehead atoms. The Morgan fingerprint density at radius 2 is 2.06 bits per heavy atom. The fraction of sp³-hybridized carbons (Fsp3) is 1.00. The summed E-state index contributed by atoms with van der Waals surface area (Å²) >= 11 is 0. The van der Waals surface area contributed by atoms with Crippen LogP contribution in [0, 0.1) is 5.92 Å². The molecule has 102 valence electrons. The van der Waals surface area contributed by atoms with Crippen LogP contribution in [0.25, 0.3) is 0 Å². The monoisotopic (exact) mass is 240 g/mol. The van der Waals surface area contributed by atoms with Gasteiger partial charge in [-0.25, -0.2) is 0 Å². The Morgan fingerprint density at radius 1 is 1.24 bits per heavy atom. The average Bonchev–Trinajstić information content (AvgIpc) is 2.80. The van der Waals surface area contributed by atoms with E-state index in [1.54, 1.807) is 0 Å². The van der Waals surface area contributed by atoms with Crippen LogP contribution in [0.4, 0.5) is 0 Å². The van der Waals surface area contributed by atoms with Crippen LogP contribution in [0.5, 0.6) is 0 Å². The minimum Gasteiger partial charge on any atom is -0.314 e. The van der Waals surface area contributed by atoms with Gasteiger partial charge in [-0.3, -0.25) is 0 Å². The number of likely N-dealkylation sites (tertiary alicyclic amines) is 1. The second kappa shape index (κ2) is 8.93. The summed E-state index contributed by atoms with van der Waals surface area (Å²) in [5.74, 6) is 0.896. The van der Waals surface area contributed by atoms with Crippen LogP contribution >= 0.6 is 0 Å². The van der Waals surface area contributed by atoms with Gasteiger partial charge in [0.1, 0.15) is 0 Å². The van der Waals surface area contributed by atoms with Gasteiger partial charge in [-0.15, -0.1) is 0 Å². The number of rotatable bonds is 9. The molecule has 2 atom stereocenters. The zero-order valence-corrected chi connectivity index (χ0v) is 12.2. The normalized spacial score (nSPS) is 23.1. The maximum atomic E-state index is 3.72. The first-order valence-electron chi connectivity index (χ1n) is 7.72. The van der Waals surface area contributed by atoms with Gasteiger partial charge in [-0.2, -0.15) is 0 Å². The lowest BCUT2D eigenvalue weighted by Crippen LogP contribution is -2.32. The molecule has 0 amide bonds. The van der Waals surface area contributed by atoms with E-state index in [4.69, 9.17) is 0 Å². The van der Waals surface area contributed by atoms with Crippen molar-refractivity contribution in [1.29, 1.82) is 0 Å². The fourth-order valence-electron chi connectivity index (χ4n) is 2.71.